The number of carbonyl (C=O) groups excluding carboxylic acids is 1. The van der Waals surface area contributed by atoms with E-state index in [2.05, 4.69) is 18.9 Å². The van der Waals surface area contributed by atoms with Crippen LogP contribution in [-0.2, 0) is 11.3 Å². The van der Waals surface area contributed by atoms with E-state index in [-0.39, 0.29) is 29.5 Å². The Bertz CT molecular complexity index is 1170. The van der Waals surface area contributed by atoms with Gasteiger partial charge in [0.05, 0.1) is 11.8 Å². The van der Waals surface area contributed by atoms with E-state index in [0.29, 0.717) is 28.7 Å². The maximum Gasteiger partial charge on any atom is 0.157 e. The first-order valence-electron chi connectivity index (χ1n) is 13.9. The highest BCUT2D eigenvalue weighted by Gasteiger charge is 2.61. The molecule has 1 N–H and O–H groups in total. The maximum absolute atomic E-state index is 14.7. The van der Waals surface area contributed by atoms with Crippen molar-refractivity contribution >= 4 is 16.7 Å². The molecule has 4 aliphatic rings. The van der Waals surface area contributed by atoms with E-state index < -0.39 is 5.60 Å². The van der Waals surface area contributed by atoms with Crippen molar-refractivity contribution in [1.29, 1.82) is 0 Å². The van der Waals surface area contributed by atoms with Crippen LogP contribution in [0.4, 0.5) is 4.39 Å². The van der Waals surface area contributed by atoms with Gasteiger partial charge in [0.25, 0.3) is 0 Å². The van der Waals surface area contributed by atoms with Crippen molar-refractivity contribution in [2.75, 3.05) is 0 Å². The van der Waals surface area contributed by atoms with Gasteiger partial charge in [-0.15, -0.1) is 0 Å². The monoisotopic (exact) mass is 480 g/mol. The number of carbonyl (C=O) groups is 1. The molecule has 0 amide bonds. The molecule has 190 valence electrons. The fourth-order valence-electron chi connectivity index (χ4n) is 9.66. The average molecular weight is 481 g/mol. The van der Waals surface area contributed by atoms with E-state index in [0.717, 1.165) is 55.4 Å². The van der Waals surface area contributed by atoms with Crippen molar-refractivity contribution in [2.24, 2.45) is 40.4 Å². The molecule has 1 heterocycles. The lowest BCUT2D eigenvalue weighted by Gasteiger charge is -2.61. The van der Waals surface area contributed by atoms with E-state index in [1.807, 2.05) is 19.9 Å². The number of rotatable bonds is 3. The van der Waals surface area contributed by atoms with Crippen LogP contribution >= 0.6 is 0 Å². The summed E-state index contributed by atoms with van der Waals surface area (Å²) in [6.45, 7) is 8.97. The summed E-state index contributed by atoms with van der Waals surface area (Å²) in [5, 5.41) is 15.9. The quantitative estimate of drug-likeness (QED) is 0.548. The van der Waals surface area contributed by atoms with E-state index in [1.54, 1.807) is 10.9 Å². The van der Waals surface area contributed by atoms with Crippen LogP contribution in [0.2, 0.25) is 0 Å². The first kappa shape index (κ1) is 23.6. The van der Waals surface area contributed by atoms with Crippen LogP contribution in [0.15, 0.2) is 18.3 Å². The standard InChI is InChI=1S/C30H41FN2O2/c1-18-13-19-16-32-33(27(19)25(31)14-18)17-26(34)24-8-7-22-21-6-5-20-15-28(2,35)11-12-29(20,3)23(21)9-10-30(22,24)4/h13-14,16,20-24,35H,5-12,15,17H2,1-4H3/t20-,21+,22+,23+,24-,28-,29+,30+/m1/s1. The zero-order valence-electron chi connectivity index (χ0n) is 21.8. The molecule has 6 rings (SSSR count). The van der Waals surface area contributed by atoms with E-state index in [4.69, 9.17) is 0 Å². The Balaban J connectivity index is 1.22. The zero-order chi connectivity index (χ0) is 24.8. The highest BCUT2D eigenvalue weighted by molar-refractivity contribution is 5.85. The highest BCUT2D eigenvalue weighted by Crippen LogP contribution is 2.68. The molecule has 1 aromatic carbocycles. The first-order chi connectivity index (χ1) is 16.5. The van der Waals surface area contributed by atoms with Crippen molar-refractivity contribution in [2.45, 2.75) is 97.6 Å². The number of halogens is 1. The summed E-state index contributed by atoms with van der Waals surface area (Å²) in [4.78, 5) is 13.7. The summed E-state index contributed by atoms with van der Waals surface area (Å²) in [5.41, 5.74) is 1.19. The van der Waals surface area contributed by atoms with Crippen LogP contribution in [0.5, 0.6) is 0 Å². The van der Waals surface area contributed by atoms with Gasteiger partial charge in [-0.2, -0.15) is 5.10 Å². The van der Waals surface area contributed by atoms with E-state index in [1.165, 1.54) is 25.3 Å². The van der Waals surface area contributed by atoms with Gasteiger partial charge in [0, 0.05) is 11.3 Å². The summed E-state index contributed by atoms with van der Waals surface area (Å²) >= 11 is 0. The van der Waals surface area contributed by atoms with Crippen molar-refractivity contribution in [3.63, 3.8) is 0 Å². The minimum atomic E-state index is -0.500. The van der Waals surface area contributed by atoms with Crippen LogP contribution < -0.4 is 0 Å². The van der Waals surface area contributed by atoms with Crippen LogP contribution in [0, 0.1) is 53.2 Å². The van der Waals surface area contributed by atoms with E-state index >= 15 is 0 Å². The summed E-state index contributed by atoms with van der Waals surface area (Å²) in [6, 6.07) is 3.46. The molecule has 0 spiro atoms. The molecule has 8 atom stereocenters. The highest BCUT2D eigenvalue weighted by atomic mass is 19.1. The number of nitrogens with zero attached hydrogens (tertiary/aromatic N) is 2. The van der Waals surface area contributed by atoms with Gasteiger partial charge in [0.2, 0.25) is 0 Å². The molecule has 0 saturated heterocycles. The Hall–Kier alpha value is -1.75. The lowest BCUT2D eigenvalue weighted by Crippen LogP contribution is -2.55. The molecule has 4 aliphatic carbocycles. The Morgan fingerprint density at radius 2 is 1.83 bits per heavy atom. The zero-order valence-corrected chi connectivity index (χ0v) is 21.8. The van der Waals surface area contributed by atoms with Crippen LogP contribution in [-0.4, -0.2) is 26.3 Å². The Morgan fingerprint density at radius 1 is 1.06 bits per heavy atom. The minimum Gasteiger partial charge on any atom is -0.390 e. The van der Waals surface area contributed by atoms with Gasteiger partial charge in [-0.05, 0) is 124 Å². The number of Topliss-reactive ketones (excluding diaryl/α,β-unsaturated/α-hetero) is 1. The predicted molar refractivity (Wildman–Crippen MR) is 135 cm³/mol. The SMILES string of the molecule is Cc1cc(F)c2c(cnn2CC(=O)[C@H]2CC[C@H]3[C@@H]4CC[C@@H]5C[C@](C)(O)CC[C@]5(C)[C@H]4CC[C@]23C)c1. The van der Waals surface area contributed by atoms with Gasteiger partial charge in [0.15, 0.2) is 5.78 Å². The van der Waals surface area contributed by atoms with Crippen molar-refractivity contribution in [3.05, 3.63) is 29.7 Å². The lowest BCUT2D eigenvalue weighted by atomic mass is 9.44. The molecule has 35 heavy (non-hydrogen) atoms. The second-order valence-electron chi connectivity index (χ2n) is 13.5. The van der Waals surface area contributed by atoms with Gasteiger partial charge < -0.3 is 5.11 Å². The fraction of sp³-hybridized carbons (Fsp3) is 0.733. The third-order valence-corrected chi connectivity index (χ3v) is 11.5. The average Bonchev–Trinajstić information content (AvgIpc) is 3.34. The second-order valence-corrected chi connectivity index (χ2v) is 13.5. The second kappa shape index (κ2) is 7.87. The lowest BCUT2D eigenvalue weighted by molar-refractivity contribution is -0.151. The van der Waals surface area contributed by atoms with Crippen LogP contribution in [0.3, 0.4) is 0 Å². The number of aliphatic hydroxyl groups is 1. The number of ketones is 1. The molecular formula is C30H41FN2O2. The smallest absolute Gasteiger partial charge is 0.157 e. The molecule has 0 bridgehead atoms. The summed E-state index contributed by atoms with van der Waals surface area (Å²) < 4.78 is 16.3. The van der Waals surface area contributed by atoms with Gasteiger partial charge in [-0.25, -0.2) is 4.39 Å². The van der Waals surface area contributed by atoms with Gasteiger partial charge in [-0.1, -0.05) is 13.8 Å². The maximum atomic E-state index is 14.7. The number of aryl methyl sites for hydroxylation is 1. The third-order valence-electron chi connectivity index (χ3n) is 11.5. The third kappa shape index (κ3) is 3.54. The van der Waals surface area contributed by atoms with Gasteiger partial charge in [-0.3, -0.25) is 9.48 Å². The summed E-state index contributed by atoms with van der Waals surface area (Å²) in [6.07, 6.45) is 11.6. The Labute approximate surface area is 208 Å². The minimum absolute atomic E-state index is 0.0406. The van der Waals surface area contributed by atoms with Crippen molar-refractivity contribution in [3.8, 4) is 0 Å². The molecule has 5 heteroatoms. The molecule has 1 aromatic heterocycles. The first-order valence-corrected chi connectivity index (χ1v) is 13.9. The largest absolute Gasteiger partial charge is 0.390 e. The number of hydrogen-bond acceptors (Lipinski definition) is 3. The van der Waals surface area contributed by atoms with E-state index in [9.17, 15) is 14.3 Å². The molecule has 0 aliphatic heterocycles. The van der Waals surface area contributed by atoms with Gasteiger partial charge >= 0.3 is 0 Å². The Kier molecular flexibility index (Phi) is 5.32. The van der Waals surface area contributed by atoms with Gasteiger partial charge in [0.1, 0.15) is 17.9 Å². The normalized spacial score (nSPS) is 43.0. The molecule has 0 radical (unpaired) electrons. The molecule has 2 aromatic rings. The number of benzene rings is 1. The number of hydrogen-bond donors (Lipinski definition) is 1. The topological polar surface area (TPSA) is 55.1 Å². The van der Waals surface area contributed by atoms with Crippen LogP contribution in [0.1, 0.15) is 84.1 Å². The number of aromatic nitrogens is 2. The molecule has 0 unspecified atom stereocenters. The predicted octanol–water partition coefficient (Wildman–Crippen LogP) is 6.46. The molecule has 4 nitrogen and oxygen atoms in total. The number of fused-ring (bicyclic) bond motifs is 6. The van der Waals surface area contributed by atoms with Crippen molar-refractivity contribution in [1.82, 2.24) is 9.78 Å². The fourth-order valence-corrected chi connectivity index (χ4v) is 9.66. The van der Waals surface area contributed by atoms with Crippen molar-refractivity contribution < 1.29 is 14.3 Å². The molecular weight excluding hydrogens is 439 g/mol. The summed E-state index contributed by atoms with van der Waals surface area (Å²) in [7, 11) is 0. The molecule has 4 fully saturated rings. The van der Waals surface area contributed by atoms with Crippen LogP contribution in [0.25, 0.3) is 10.9 Å². The molecule has 4 saturated carbocycles. The summed E-state index contributed by atoms with van der Waals surface area (Å²) in [5.74, 6) is 2.62. The Morgan fingerprint density at radius 3 is 2.63 bits per heavy atom.